The number of aromatic nitrogens is 2. The van der Waals surface area contributed by atoms with Crippen molar-refractivity contribution in [1.29, 1.82) is 0 Å². The average Bonchev–Trinajstić information content (AvgIpc) is 2.71. The van der Waals surface area contributed by atoms with Crippen molar-refractivity contribution in [3.05, 3.63) is 36.7 Å². The molecule has 0 aliphatic carbocycles. The zero-order valence-corrected chi connectivity index (χ0v) is 7.32. The van der Waals surface area contributed by atoms with Crippen molar-refractivity contribution in [2.75, 3.05) is 7.11 Å². The molecule has 0 saturated heterocycles. The summed E-state index contributed by atoms with van der Waals surface area (Å²) in [4.78, 5) is 7.18. The van der Waals surface area contributed by atoms with Crippen LogP contribution in [-0.2, 0) is 0 Å². The van der Waals surface area contributed by atoms with Gasteiger partial charge in [0.2, 0.25) is 0 Å². The number of nitrogens with zero attached hydrogens (tertiary/aromatic N) is 1. The summed E-state index contributed by atoms with van der Waals surface area (Å²) in [6.07, 6.45) is 3.54. The van der Waals surface area contributed by atoms with Crippen molar-refractivity contribution < 1.29 is 4.74 Å². The zero-order valence-electron chi connectivity index (χ0n) is 7.32. The van der Waals surface area contributed by atoms with E-state index in [1.807, 2.05) is 24.3 Å². The van der Waals surface area contributed by atoms with Crippen LogP contribution < -0.4 is 4.74 Å². The zero-order chi connectivity index (χ0) is 9.10. The molecule has 2 aromatic rings. The lowest BCUT2D eigenvalue weighted by molar-refractivity contribution is 0.415. The van der Waals surface area contributed by atoms with E-state index >= 15 is 0 Å². The van der Waals surface area contributed by atoms with E-state index in [1.165, 1.54) is 0 Å². The third-order valence-electron chi connectivity index (χ3n) is 1.86. The van der Waals surface area contributed by atoms with Gasteiger partial charge in [-0.1, -0.05) is 0 Å². The Kier molecular flexibility index (Phi) is 2.00. The molecule has 1 aromatic carbocycles. The molecule has 2 rings (SSSR count). The van der Waals surface area contributed by atoms with Gasteiger partial charge in [0.15, 0.2) is 0 Å². The SMILES string of the molecule is COc1ccc(-c2ncc[nH]2)cc1. The van der Waals surface area contributed by atoms with Crippen molar-refractivity contribution >= 4 is 0 Å². The van der Waals surface area contributed by atoms with Crippen LogP contribution >= 0.6 is 0 Å². The Morgan fingerprint density at radius 2 is 2.00 bits per heavy atom. The van der Waals surface area contributed by atoms with Crippen LogP contribution in [0.2, 0.25) is 0 Å². The van der Waals surface area contributed by atoms with E-state index in [1.54, 1.807) is 19.5 Å². The molecule has 0 fully saturated rings. The Bertz CT molecular complexity index is 364. The van der Waals surface area contributed by atoms with E-state index in [0.29, 0.717) is 0 Å². The van der Waals surface area contributed by atoms with E-state index in [-0.39, 0.29) is 0 Å². The van der Waals surface area contributed by atoms with E-state index in [9.17, 15) is 0 Å². The standard InChI is InChI=1S/C10H10N2O/c1-13-9-4-2-8(3-5-9)10-11-6-7-12-10/h2-7H,1H3,(H,11,12). The summed E-state index contributed by atoms with van der Waals surface area (Å²) in [7, 11) is 1.65. The van der Waals surface area contributed by atoms with E-state index in [2.05, 4.69) is 9.97 Å². The maximum absolute atomic E-state index is 5.06. The lowest BCUT2D eigenvalue weighted by Crippen LogP contribution is -1.83. The normalized spacial score (nSPS) is 9.92. The number of H-pyrrole nitrogens is 1. The molecular formula is C10H10N2O. The molecule has 0 aliphatic heterocycles. The maximum atomic E-state index is 5.06. The van der Waals surface area contributed by atoms with E-state index in [0.717, 1.165) is 17.1 Å². The molecular weight excluding hydrogens is 164 g/mol. The summed E-state index contributed by atoms with van der Waals surface area (Å²) in [6.45, 7) is 0. The van der Waals surface area contributed by atoms with Crippen molar-refractivity contribution in [2.45, 2.75) is 0 Å². The molecule has 0 radical (unpaired) electrons. The van der Waals surface area contributed by atoms with Gasteiger partial charge in [-0.25, -0.2) is 4.98 Å². The third kappa shape index (κ3) is 1.54. The van der Waals surface area contributed by atoms with Gasteiger partial charge in [0.1, 0.15) is 11.6 Å². The van der Waals surface area contributed by atoms with Gasteiger partial charge in [0.25, 0.3) is 0 Å². The minimum atomic E-state index is 0.857. The molecule has 0 aliphatic rings. The predicted molar refractivity (Wildman–Crippen MR) is 50.6 cm³/mol. The second-order valence-electron chi connectivity index (χ2n) is 2.67. The number of hydrogen-bond donors (Lipinski definition) is 1. The van der Waals surface area contributed by atoms with Crippen LogP contribution in [0.15, 0.2) is 36.7 Å². The summed E-state index contributed by atoms with van der Waals surface area (Å²) in [5, 5.41) is 0. The molecule has 13 heavy (non-hydrogen) atoms. The van der Waals surface area contributed by atoms with Crippen LogP contribution in [0.1, 0.15) is 0 Å². The van der Waals surface area contributed by atoms with Gasteiger partial charge >= 0.3 is 0 Å². The second kappa shape index (κ2) is 3.31. The van der Waals surface area contributed by atoms with Crippen molar-refractivity contribution in [1.82, 2.24) is 9.97 Å². The first kappa shape index (κ1) is 7.86. The topological polar surface area (TPSA) is 37.9 Å². The van der Waals surface area contributed by atoms with Crippen LogP contribution in [-0.4, -0.2) is 17.1 Å². The first-order chi connectivity index (χ1) is 6.40. The molecule has 3 nitrogen and oxygen atoms in total. The monoisotopic (exact) mass is 174 g/mol. The molecule has 66 valence electrons. The van der Waals surface area contributed by atoms with Gasteiger partial charge < -0.3 is 9.72 Å². The van der Waals surface area contributed by atoms with Gasteiger partial charge in [0.05, 0.1) is 7.11 Å². The Hall–Kier alpha value is -1.77. The van der Waals surface area contributed by atoms with E-state index < -0.39 is 0 Å². The number of ether oxygens (including phenoxy) is 1. The smallest absolute Gasteiger partial charge is 0.137 e. The summed E-state index contributed by atoms with van der Waals surface area (Å²) in [5.41, 5.74) is 1.06. The fourth-order valence-corrected chi connectivity index (χ4v) is 1.17. The number of nitrogens with one attached hydrogen (secondary N) is 1. The lowest BCUT2D eigenvalue weighted by atomic mass is 10.2. The van der Waals surface area contributed by atoms with Crippen LogP contribution in [0, 0.1) is 0 Å². The molecule has 0 bridgehead atoms. The minimum Gasteiger partial charge on any atom is -0.497 e. The third-order valence-corrected chi connectivity index (χ3v) is 1.86. The van der Waals surface area contributed by atoms with Gasteiger partial charge in [-0.15, -0.1) is 0 Å². The Balaban J connectivity index is 2.33. The molecule has 0 spiro atoms. The van der Waals surface area contributed by atoms with Crippen LogP contribution in [0.25, 0.3) is 11.4 Å². The fourth-order valence-electron chi connectivity index (χ4n) is 1.17. The van der Waals surface area contributed by atoms with E-state index in [4.69, 9.17) is 4.74 Å². The lowest BCUT2D eigenvalue weighted by Gasteiger charge is -1.99. The molecule has 3 heteroatoms. The summed E-state index contributed by atoms with van der Waals surface area (Å²) >= 11 is 0. The fraction of sp³-hybridized carbons (Fsp3) is 0.100. The summed E-state index contributed by atoms with van der Waals surface area (Å²) in [5.74, 6) is 1.73. The Morgan fingerprint density at radius 3 is 2.54 bits per heavy atom. The maximum Gasteiger partial charge on any atom is 0.137 e. The van der Waals surface area contributed by atoms with Crippen LogP contribution in [0.4, 0.5) is 0 Å². The van der Waals surface area contributed by atoms with Gasteiger partial charge in [-0.05, 0) is 24.3 Å². The second-order valence-corrected chi connectivity index (χ2v) is 2.67. The summed E-state index contributed by atoms with van der Waals surface area (Å²) in [6, 6.07) is 7.77. The quantitative estimate of drug-likeness (QED) is 0.756. The van der Waals surface area contributed by atoms with Crippen molar-refractivity contribution in [2.24, 2.45) is 0 Å². The predicted octanol–water partition coefficient (Wildman–Crippen LogP) is 2.09. The molecule has 1 heterocycles. The molecule has 1 N–H and O–H groups in total. The first-order valence-corrected chi connectivity index (χ1v) is 4.04. The number of rotatable bonds is 2. The summed E-state index contributed by atoms with van der Waals surface area (Å²) < 4.78 is 5.06. The average molecular weight is 174 g/mol. The molecule has 0 saturated carbocycles. The highest BCUT2D eigenvalue weighted by atomic mass is 16.5. The number of methoxy groups -OCH3 is 1. The number of benzene rings is 1. The van der Waals surface area contributed by atoms with Gasteiger partial charge in [-0.3, -0.25) is 0 Å². The molecule has 0 atom stereocenters. The molecule has 0 amide bonds. The number of hydrogen-bond acceptors (Lipinski definition) is 2. The number of imidazole rings is 1. The van der Waals surface area contributed by atoms with Crippen LogP contribution in [0.3, 0.4) is 0 Å². The largest absolute Gasteiger partial charge is 0.497 e. The Morgan fingerprint density at radius 1 is 1.23 bits per heavy atom. The minimum absolute atomic E-state index is 0.857. The highest BCUT2D eigenvalue weighted by Gasteiger charge is 1.98. The highest BCUT2D eigenvalue weighted by Crippen LogP contribution is 2.18. The molecule has 0 unspecified atom stereocenters. The first-order valence-electron chi connectivity index (χ1n) is 4.04. The van der Waals surface area contributed by atoms with Gasteiger partial charge in [0, 0.05) is 18.0 Å². The highest BCUT2D eigenvalue weighted by molar-refractivity contribution is 5.55. The van der Waals surface area contributed by atoms with Crippen molar-refractivity contribution in [3.63, 3.8) is 0 Å². The number of aromatic amines is 1. The molecule has 1 aromatic heterocycles. The van der Waals surface area contributed by atoms with Crippen molar-refractivity contribution in [3.8, 4) is 17.1 Å². The van der Waals surface area contributed by atoms with Gasteiger partial charge in [-0.2, -0.15) is 0 Å². The Labute approximate surface area is 76.4 Å². The van der Waals surface area contributed by atoms with Crippen LogP contribution in [0.5, 0.6) is 5.75 Å².